The molecule has 1 heterocycles. The van der Waals surface area contributed by atoms with Gasteiger partial charge in [-0.05, 0) is 6.07 Å². The zero-order chi connectivity index (χ0) is 11.7. The summed E-state index contributed by atoms with van der Waals surface area (Å²) in [4.78, 5) is 24.6. The van der Waals surface area contributed by atoms with E-state index in [-0.39, 0.29) is 11.8 Å². The van der Waals surface area contributed by atoms with Crippen LogP contribution >= 0.6 is 0 Å². The minimum absolute atomic E-state index is 0.193. The molecule has 0 radical (unpaired) electrons. The Morgan fingerprint density at radius 3 is 2.69 bits per heavy atom. The second kappa shape index (κ2) is 3.81. The Morgan fingerprint density at radius 1 is 1.31 bits per heavy atom. The van der Waals surface area contributed by atoms with Crippen molar-refractivity contribution in [3.05, 3.63) is 35.9 Å². The number of amides is 2. The molecular weight excluding hydrogens is 204 g/mol. The first-order valence-electron chi connectivity index (χ1n) is 4.93. The van der Waals surface area contributed by atoms with Crippen LogP contribution in [0.25, 0.3) is 5.57 Å². The molecule has 2 amide bonds. The van der Waals surface area contributed by atoms with Gasteiger partial charge in [0.25, 0.3) is 5.91 Å². The highest BCUT2D eigenvalue weighted by Crippen LogP contribution is 2.30. The van der Waals surface area contributed by atoms with Crippen LogP contribution in [0.3, 0.4) is 0 Å². The molecule has 1 aliphatic heterocycles. The van der Waals surface area contributed by atoms with Gasteiger partial charge in [0, 0.05) is 31.4 Å². The summed E-state index contributed by atoms with van der Waals surface area (Å²) in [6.45, 7) is 0. The van der Waals surface area contributed by atoms with Crippen LogP contribution in [0.5, 0.6) is 0 Å². The molecule has 1 aromatic carbocycles. The highest BCUT2D eigenvalue weighted by molar-refractivity contribution is 6.33. The second-order valence-electron chi connectivity index (χ2n) is 3.79. The van der Waals surface area contributed by atoms with Crippen LogP contribution in [-0.2, 0) is 9.59 Å². The van der Waals surface area contributed by atoms with Crippen LogP contribution in [-0.4, -0.2) is 30.8 Å². The number of nitrogens with one attached hydrogen (secondary N) is 1. The van der Waals surface area contributed by atoms with E-state index < -0.39 is 0 Å². The van der Waals surface area contributed by atoms with E-state index in [9.17, 15) is 9.59 Å². The number of carbonyl (C=O) groups is 2. The summed E-state index contributed by atoms with van der Waals surface area (Å²) in [5.41, 5.74) is 1.96. The average molecular weight is 216 g/mol. The highest BCUT2D eigenvalue weighted by atomic mass is 16.2. The van der Waals surface area contributed by atoms with E-state index in [0.29, 0.717) is 5.57 Å². The van der Waals surface area contributed by atoms with E-state index in [2.05, 4.69) is 5.32 Å². The summed E-state index contributed by atoms with van der Waals surface area (Å²) >= 11 is 0. The Balaban J connectivity index is 2.43. The SMILES string of the molecule is CN(C)C(=O)/C=C1\C(=O)Nc2ccccc21. The minimum atomic E-state index is -0.226. The number of hydrogen-bond donors (Lipinski definition) is 1. The summed E-state index contributed by atoms with van der Waals surface area (Å²) < 4.78 is 0. The van der Waals surface area contributed by atoms with Crippen molar-refractivity contribution in [2.24, 2.45) is 0 Å². The number of para-hydroxylation sites is 1. The summed E-state index contributed by atoms with van der Waals surface area (Å²) in [6, 6.07) is 7.32. The van der Waals surface area contributed by atoms with Crippen LogP contribution in [0.15, 0.2) is 30.3 Å². The van der Waals surface area contributed by atoms with Gasteiger partial charge in [-0.2, -0.15) is 0 Å². The predicted octanol–water partition coefficient (Wildman–Crippen LogP) is 1.11. The molecule has 0 saturated carbocycles. The normalized spacial score (nSPS) is 15.9. The fourth-order valence-corrected chi connectivity index (χ4v) is 1.53. The number of fused-ring (bicyclic) bond motifs is 1. The van der Waals surface area contributed by atoms with Crippen molar-refractivity contribution in [2.45, 2.75) is 0 Å². The first-order chi connectivity index (χ1) is 7.59. The van der Waals surface area contributed by atoms with Gasteiger partial charge >= 0.3 is 0 Å². The number of hydrogen-bond acceptors (Lipinski definition) is 2. The van der Waals surface area contributed by atoms with Crippen LogP contribution in [0, 0.1) is 0 Å². The van der Waals surface area contributed by atoms with E-state index in [1.165, 1.54) is 11.0 Å². The van der Waals surface area contributed by atoms with Gasteiger partial charge in [0.1, 0.15) is 0 Å². The first kappa shape index (κ1) is 10.4. The lowest BCUT2D eigenvalue weighted by Gasteiger charge is -2.06. The Hall–Kier alpha value is -2.10. The molecule has 4 heteroatoms. The number of anilines is 1. The maximum absolute atomic E-state index is 11.6. The van der Waals surface area contributed by atoms with Crippen molar-refractivity contribution in [3.8, 4) is 0 Å². The molecule has 1 aliphatic rings. The summed E-state index contributed by atoms with van der Waals surface area (Å²) in [7, 11) is 3.30. The number of rotatable bonds is 1. The lowest BCUT2D eigenvalue weighted by Crippen LogP contribution is -2.20. The summed E-state index contributed by atoms with van der Waals surface area (Å²) in [5.74, 6) is -0.418. The van der Waals surface area contributed by atoms with E-state index in [4.69, 9.17) is 0 Å². The minimum Gasteiger partial charge on any atom is -0.345 e. The molecule has 0 spiro atoms. The number of carbonyl (C=O) groups excluding carboxylic acids is 2. The number of likely N-dealkylation sites (N-methyl/N-ethyl adjacent to an activating group) is 1. The highest BCUT2D eigenvalue weighted by Gasteiger charge is 2.24. The van der Waals surface area contributed by atoms with Crippen molar-refractivity contribution in [1.82, 2.24) is 4.90 Å². The van der Waals surface area contributed by atoms with Crippen molar-refractivity contribution < 1.29 is 9.59 Å². The standard InChI is InChI=1S/C12H12N2O2/c1-14(2)11(15)7-9-8-5-3-4-6-10(8)13-12(9)16/h3-7H,1-2H3,(H,13,16)/b9-7-. The smallest absolute Gasteiger partial charge is 0.256 e. The van der Waals surface area contributed by atoms with Gasteiger partial charge in [-0.1, -0.05) is 18.2 Å². The monoisotopic (exact) mass is 216 g/mol. The molecule has 0 unspecified atom stereocenters. The van der Waals surface area contributed by atoms with Crippen molar-refractivity contribution >= 4 is 23.1 Å². The Bertz CT molecular complexity index is 490. The fraction of sp³-hybridized carbons (Fsp3) is 0.167. The maximum atomic E-state index is 11.6. The van der Waals surface area contributed by atoms with E-state index in [1.807, 2.05) is 24.3 Å². The maximum Gasteiger partial charge on any atom is 0.256 e. The third kappa shape index (κ3) is 1.69. The zero-order valence-electron chi connectivity index (χ0n) is 9.15. The largest absolute Gasteiger partial charge is 0.345 e. The topological polar surface area (TPSA) is 49.4 Å². The first-order valence-corrected chi connectivity index (χ1v) is 4.93. The van der Waals surface area contributed by atoms with E-state index in [1.54, 1.807) is 14.1 Å². The Labute approximate surface area is 93.6 Å². The van der Waals surface area contributed by atoms with Crippen LogP contribution < -0.4 is 5.32 Å². The summed E-state index contributed by atoms with van der Waals surface area (Å²) in [6.07, 6.45) is 1.36. The molecule has 0 aliphatic carbocycles. The average Bonchev–Trinajstić information content (AvgIpc) is 2.55. The van der Waals surface area contributed by atoms with Crippen molar-refractivity contribution in [1.29, 1.82) is 0 Å². The van der Waals surface area contributed by atoms with Crippen molar-refractivity contribution in [2.75, 3.05) is 19.4 Å². The molecular formula is C12H12N2O2. The molecule has 0 saturated heterocycles. The van der Waals surface area contributed by atoms with Crippen LogP contribution in [0.2, 0.25) is 0 Å². The van der Waals surface area contributed by atoms with Gasteiger partial charge in [0.05, 0.1) is 5.57 Å². The quantitative estimate of drug-likeness (QED) is 0.715. The molecule has 0 aromatic heterocycles. The third-order valence-corrected chi connectivity index (χ3v) is 2.42. The Morgan fingerprint density at radius 2 is 2.00 bits per heavy atom. The molecule has 0 atom stereocenters. The molecule has 2 rings (SSSR count). The van der Waals surface area contributed by atoms with Gasteiger partial charge in [0.15, 0.2) is 0 Å². The predicted molar refractivity (Wildman–Crippen MR) is 61.7 cm³/mol. The Kier molecular flexibility index (Phi) is 2.48. The molecule has 16 heavy (non-hydrogen) atoms. The van der Waals surface area contributed by atoms with Gasteiger partial charge in [-0.25, -0.2) is 0 Å². The molecule has 0 bridgehead atoms. The third-order valence-electron chi connectivity index (χ3n) is 2.42. The van der Waals surface area contributed by atoms with Gasteiger partial charge in [-0.15, -0.1) is 0 Å². The van der Waals surface area contributed by atoms with Gasteiger partial charge < -0.3 is 10.2 Å². The summed E-state index contributed by atoms with van der Waals surface area (Å²) in [5, 5.41) is 2.71. The van der Waals surface area contributed by atoms with E-state index in [0.717, 1.165) is 11.3 Å². The number of nitrogens with zero attached hydrogens (tertiary/aromatic N) is 1. The fourth-order valence-electron chi connectivity index (χ4n) is 1.53. The molecule has 1 N–H and O–H groups in total. The lowest BCUT2D eigenvalue weighted by molar-refractivity contribution is -0.123. The van der Waals surface area contributed by atoms with Gasteiger partial charge in [-0.3, -0.25) is 9.59 Å². The molecule has 4 nitrogen and oxygen atoms in total. The lowest BCUT2D eigenvalue weighted by atomic mass is 10.1. The van der Waals surface area contributed by atoms with Crippen LogP contribution in [0.1, 0.15) is 5.56 Å². The van der Waals surface area contributed by atoms with Crippen molar-refractivity contribution in [3.63, 3.8) is 0 Å². The number of benzene rings is 1. The second-order valence-corrected chi connectivity index (χ2v) is 3.79. The van der Waals surface area contributed by atoms with Crippen LogP contribution in [0.4, 0.5) is 5.69 Å². The van der Waals surface area contributed by atoms with Gasteiger partial charge in [0.2, 0.25) is 5.91 Å². The molecule has 82 valence electrons. The molecule has 0 fully saturated rings. The zero-order valence-corrected chi connectivity index (χ0v) is 9.15. The molecule has 1 aromatic rings. The van der Waals surface area contributed by atoms with E-state index >= 15 is 0 Å².